The molecule has 0 heterocycles. The van der Waals surface area contributed by atoms with Crippen LogP contribution in [0, 0.1) is 6.92 Å². The van der Waals surface area contributed by atoms with Crippen molar-refractivity contribution in [3.8, 4) is 0 Å². The highest BCUT2D eigenvalue weighted by molar-refractivity contribution is 9.10. The minimum Gasteiger partial charge on any atom is -0.306 e. The van der Waals surface area contributed by atoms with Gasteiger partial charge < -0.3 is 5.32 Å². The molecule has 4 heteroatoms. The highest BCUT2D eigenvalue weighted by Crippen LogP contribution is 2.32. The van der Waals surface area contributed by atoms with E-state index in [1.54, 1.807) is 0 Å². The first-order chi connectivity index (χ1) is 10.0. The van der Waals surface area contributed by atoms with Crippen LogP contribution < -0.4 is 5.32 Å². The van der Waals surface area contributed by atoms with Gasteiger partial charge in [-0.25, -0.2) is 0 Å². The van der Waals surface area contributed by atoms with Crippen LogP contribution in [0.3, 0.4) is 0 Å². The number of nitrogens with one attached hydrogen (secondary N) is 1. The van der Waals surface area contributed by atoms with E-state index in [0.717, 1.165) is 23.0 Å². The lowest BCUT2D eigenvalue weighted by molar-refractivity contribution is 0.597. The van der Waals surface area contributed by atoms with Gasteiger partial charge in [0.05, 0.1) is 16.1 Å². The van der Waals surface area contributed by atoms with Gasteiger partial charge in [-0.3, -0.25) is 0 Å². The summed E-state index contributed by atoms with van der Waals surface area (Å²) < 4.78 is 1.10. The monoisotopic (exact) mass is 385 g/mol. The molecule has 0 saturated carbocycles. The summed E-state index contributed by atoms with van der Waals surface area (Å²) in [5, 5.41) is 4.74. The molecule has 0 radical (unpaired) electrons. The zero-order valence-corrected chi connectivity index (χ0v) is 15.2. The minimum absolute atomic E-state index is 0.0923. The normalized spacial score (nSPS) is 12.4. The summed E-state index contributed by atoms with van der Waals surface area (Å²) in [5.74, 6) is 0. The van der Waals surface area contributed by atoms with Crippen LogP contribution in [0.5, 0.6) is 0 Å². The average Bonchev–Trinajstić information content (AvgIpc) is 2.44. The first-order valence-corrected chi connectivity index (χ1v) is 8.52. The highest BCUT2D eigenvalue weighted by atomic mass is 79.9. The van der Waals surface area contributed by atoms with Crippen LogP contribution >= 0.6 is 39.1 Å². The zero-order valence-electron chi connectivity index (χ0n) is 12.1. The highest BCUT2D eigenvalue weighted by Gasteiger charge is 2.17. The van der Waals surface area contributed by atoms with Crippen LogP contribution in [0.2, 0.25) is 10.0 Å². The average molecular weight is 387 g/mol. The largest absolute Gasteiger partial charge is 0.306 e. The third kappa shape index (κ3) is 4.23. The molecular formula is C17H18BrCl2N. The molecule has 1 nitrogen and oxygen atoms in total. The van der Waals surface area contributed by atoms with E-state index in [1.165, 1.54) is 11.1 Å². The molecule has 0 aliphatic heterocycles. The summed E-state index contributed by atoms with van der Waals surface area (Å²) in [5.41, 5.74) is 3.55. The number of aryl methyl sites for hydroxylation is 1. The Hall–Kier alpha value is -0.540. The molecule has 1 N–H and O–H groups in total. The van der Waals surface area contributed by atoms with Gasteiger partial charge in [0.1, 0.15) is 0 Å². The second kappa shape index (κ2) is 7.64. The van der Waals surface area contributed by atoms with E-state index in [2.05, 4.69) is 53.3 Å². The fraction of sp³-hybridized carbons (Fsp3) is 0.294. The molecule has 2 aromatic rings. The van der Waals surface area contributed by atoms with Crippen molar-refractivity contribution in [1.29, 1.82) is 0 Å². The molecule has 1 unspecified atom stereocenters. The van der Waals surface area contributed by atoms with E-state index < -0.39 is 0 Å². The number of halogens is 3. The topological polar surface area (TPSA) is 12.0 Å². The fourth-order valence-corrected chi connectivity index (χ4v) is 3.28. The lowest BCUT2D eigenvalue weighted by Gasteiger charge is -2.21. The summed E-state index contributed by atoms with van der Waals surface area (Å²) >= 11 is 15.9. The third-order valence-electron chi connectivity index (χ3n) is 3.34. The van der Waals surface area contributed by atoms with Crippen LogP contribution in [-0.4, -0.2) is 6.54 Å². The number of hydrogen-bond donors (Lipinski definition) is 1. The quantitative estimate of drug-likeness (QED) is 0.649. The molecule has 112 valence electrons. The van der Waals surface area contributed by atoms with Gasteiger partial charge in [0, 0.05) is 4.47 Å². The molecule has 0 spiro atoms. The number of benzene rings is 2. The Balaban J connectivity index is 2.44. The van der Waals surface area contributed by atoms with Crippen LogP contribution in [0.25, 0.3) is 0 Å². The summed E-state index contributed by atoms with van der Waals surface area (Å²) in [6.07, 6.45) is 1.07. The second-order valence-electron chi connectivity index (χ2n) is 5.09. The number of rotatable bonds is 5. The van der Waals surface area contributed by atoms with E-state index in [0.29, 0.717) is 10.0 Å². The summed E-state index contributed by atoms with van der Waals surface area (Å²) in [4.78, 5) is 0. The van der Waals surface area contributed by atoms with Crippen molar-refractivity contribution < 1.29 is 0 Å². The summed E-state index contributed by atoms with van der Waals surface area (Å²) in [6.45, 7) is 5.18. The lowest BCUT2D eigenvalue weighted by atomic mass is 9.97. The van der Waals surface area contributed by atoms with E-state index in [1.807, 2.05) is 18.2 Å². The van der Waals surface area contributed by atoms with Gasteiger partial charge in [-0.1, -0.05) is 64.3 Å². The second-order valence-corrected chi connectivity index (χ2v) is 6.75. The van der Waals surface area contributed by atoms with Crippen molar-refractivity contribution in [2.45, 2.75) is 26.3 Å². The minimum atomic E-state index is 0.0923. The Morgan fingerprint density at radius 1 is 1.10 bits per heavy atom. The van der Waals surface area contributed by atoms with Gasteiger partial charge in [-0.05, 0) is 54.8 Å². The van der Waals surface area contributed by atoms with Crippen molar-refractivity contribution in [2.75, 3.05) is 6.54 Å². The van der Waals surface area contributed by atoms with Crippen LogP contribution in [0.1, 0.15) is 36.1 Å². The summed E-state index contributed by atoms with van der Waals surface area (Å²) in [6, 6.07) is 12.3. The predicted molar refractivity (Wildman–Crippen MR) is 95.5 cm³/mol. The van der Waals surface area contributed by atoms with Crippen molar-refractivity contribution in [3.63, 3.8) is 0 Å². The van der Waals surface area contributed by atoms with Gasteiger partial charge in [0.15, 0.2) is 0 Å². The molecule has 0 saturated heterocycles. The van der Waals surface area contributed by atoms with Gasteiger partial charge >= 0.3 is 0 Å². The fourth-order valence-electron chi connectivity index (χ4n) is 2.25. The zero-order chi connectivity index (χ0) is 15.4. The van der Waals surface area contributed by atoms with Crippen molar-refractivity contribution in [1.82, 2.24) is 5.32 Å². The lowest BCUT2D eigenvalue weighted by Crippen LogP contribution is -2.23. The Bertz CT molecular complexity index is 628. The van der Waals surface area contributed by atoms with Gasteiger partial charge in [-0.15, -0.1) is 0 Å². The van der Waals surface area contributed by atoms with E-state index in [9.17, 15) is 0 Å². The van der Waals surface area contributed by atoms with Gasteiger partial charge in [0.2, 0.25) is 0 Å². The maximum atomic E-state index is 6.17. The molecule has 0 bridgehead atoms. The van der Waals surface area contributed by atoms with E-state index in [4.69, 9.17) is 23.2 Å². The standard InChI is InChI=1S/C17H18BrCl2N/c1-3-8-21-17(12-5-7-15(19)16(20)10-12)13-6-4-11(2)9-14(13)18/h4-7,9-10,17,21H,3,8H2,1-2H3. The third-order valence-corrected chi connectivity index (χ3v) is 4.77. The Morgan fingerprint density at radius 2 is 1.86 bits per heavy atom. The Labute approximate surface area is 144 Å². The Kier molecular flexibility index (Phi) is 6.12. The molecule has 0 aliphatic carbocycles. The molecule has 2 rings (SSSR count). The van der Waals surface area contributed by atoms with Crippen molar-refractivity contribution in [3.05, 3.63) is 67.6 Å². The molecule has 2 aromatic carbocycles. The molecule has 0 aliphatic rings. The molecule has 1 atom stereocenters. The molecule has 0 fully saturated rings. The molecule has 21 heavy (non-hydrogen) atoms. The van der Waals surface area contributed by atoms with Crippen LogP contribution in [0.4, 0.5) is 0 Å². The van der Waals surface area contributed by atoms with E-state index in [-0.39, 0.29) is 6.04 Å². The smallest absolute Gasteiger partial charge is 0.0595 e. The first kappa shape index (κ1) is 16.8. The van der Waals surface area contributed by atoms with Gasteiger partial charge in [0.25, 0.3) is 0 Å². The molecular weight excluding hydrogens is 369 g/mol. The van der Waals surface area contributed by atoms with Crippen LogP contribution in [-0.2, 0) is 0 Å². The van der Waals surface area contributed by atoms with Gasteiger partial charge in [-0.2, -0.15) is 0 Å². The number of hydrogen-bond acceptors (Lipinski definition) is 1. The summed E-state index contributed by atoms with van der Waals surface area (Å²) in [7, 11) is 0. The first-order valence-electron chi connectivity index (χ1n) is 6.97. The van der Waals surface area contributed by atoms with Crippen LogP contribution in [0.15, 0.2) is 40.9 Å². The maximum Gasteiger partial charge on any atom is 0.0595 e. The predicted octanol–water partition coefficient (Wildman–Crippen LogP) is 6.15. The maximum absolute atomic E-state index is 6.17. The molecule has 0 aromatic heterocycles. The van der Waals surface area contributed by atoms with Crippen molar-refractivity contribution in [2.24, 2.45) is 0 Å². The SMILES string of the molecule is CCCNC(c1ccc(Cl)c(Cl)c1)c1ccc(C)cc1Br. The van der Waals surface area contributed by atoms with Crippen molar-refractivity contribution >= 4 is 39.1 Å². The molecule has 0 amide bonds. The van der Waals surface area contributed by atoms with E-state index >= 15 is 0 Å². The Morgan fingerprint density at radius 3 is 2.48 bits per heavy atom.